The minimum absolute atomic E-state index is 0.475. The Labute approximate surface area is 120 Å². The van der Waals surface area contributed by atoms with Gasteiger partial charge in [0.25, 0.3) is 0 Å². The number of carbonyl (C=O) groups excluding carboxylic acids is 1. The van der Waals surface area contributed by atoms with Crippen LogP contribution in [0.25, 0.3) is 0 Å². The van der Waals surface area contributed by atoms with E-state index in [0.29, 0.717) is 22.0 Å². The van der Waals surface area contributed by atoms with Crippen LogP contribution >= 0.6 is 11.6 Å². The second kappa shape index (κ2) is 5.54. The van der Waals surface area contributed by atoms with E-state index < -0.39 is 0 Å². The van der Waals surface area contributed by atoms with Gasteiger partial charge in [0.1, 0.15) is 6.29 Å². The first-order chi connectivity index (χ1) is 8.93. The lowest BCUT2D eigenvalue weighted by Gasteiger charge is -2.39. The van der Waals surface area contributed by atoms with Gasteiger partial charge in [-0.25, -0.2) is 0 Å². The Kier molecular flexibility index (Phi) is 4.19. The van der Waals surface area contributed by atoms with Crippen LogP contribution in [0.1, 0.15) is 49.9 Å². The molecule has 0 bridgehead atoms. The smallest absolute Gasteiger partial charge is 0.150 e. The van der Waals surface area contributed by atoms with Crippen LogP contribution in [-0.4, -0.2) is 19.4 Å². The summed E-state index contributed by atoms with van der Waals surface area (Å²) < 4.78 is 0. The van der Waals surface area contributed by atoms with Crippen LogP contribution in [0.5, 0.6) is 0 Å². The zero-order valence-corrected chi connectivity index (χ0v) is 12.7. The van der Waals surface area contributed by atoms with E-state index in [1.807, 2.05) is 12.1 Å². The molecule has 2 rings (SSSR count). The Bertz CT molecular complexity index is 460. The van der Waals surface area contributed by atoms with Gasteiger partial charge in [0.05, 0.1) is 10.7 Å². The van der Waals surface area contributed by atoms with E-state index in [1.165, 1.54) is 25.7 Å². The first-order valence-corrected chi connectivity index (χ1v) is 7.28. The van der Waals surface area contributed by atoms with E-state index in [1.54, 1.807) is 6.07 Å². The maximum Gasteiger partial charge on any atom is 0.150 e. The fourth-order valence-corrected chi connectivity index (χ4v) is 3.17. The van der Waals surface area contributed by atoms with Crippen molar-refractivity contribution in [2.24, 2.45) is 5.41 Å². The number of nitrogens with zero attached hydrogens (tertiary/aromatic N) is 1. The van der Waals surface area contributed by atoms with Crippen LogP contribution in [0.4, 0.5) is 5.69 Å². The zero-order chi connectivity index (χ0) is 14.0. The van der Waals surface area contributed by atoms with Gasteiger partial charge >= 0.3 is 0 Å². The molecule has 0 amide bonds. The van der Waals surface area contributed by atoms with Gasteiger partial charge in [-0.15, -0.1) is 0 Å². The Balaban J connectivity index is 2.12. The number of hydrogen-bond acceptors (Lipinski definition) is 2. The van der Waals surface area contributed by atoms with E-state index in [4.69, 9.17) is 11.6 Å². The van der Waals surface area contributed by atoms with Gasteiger partial charge in [0, 0.05) is 18.7 Å². The molecule has 1 aromatic rings. The van der Waals surface area contributed by atoms with Gasteiger partial charge in [-0.1, -0.05) is 25.4 Å². The molecule has 2 nitrogen and oxygen atoms in total. The molecule has 1 aliphatic rings. The third-order valence-corrected chi connectivity index (χ3v) is 4.65. The predicted molar refractivity (Wildman–Crippen MR) is 81.3 cm³/mol. The van der Waals surface area contributed by atoms with Gasteiger partial charge in [-0.05, 0) is 49.3 Å². The minimum Gasteiger partial charge on any atom is -0.370 e. The van der Waals surface area contributed by atoms with Gasteiger partial charge < -0.3 is 4.90 Å². The summed E-state index contributed by atoms with van der Waals surface area (Å²) in [6, 6.07) is 6.07. The highest BCUT2D eigenvalue weighted by molar-refractivity contribution is 6.33. The highest BCUT2D eigenvalue weighted by atomic mass is 35.5. The second-order valence-corrected chi connectivity index (χ2v) is 6.74. The van der Waals surface area contributed by atoms with Crippen molar-refractivity contribution in [3.8, 4) is 0 Å². The Morgan fingerprint density at radius 1 is 1.32 bits per heavy atom. The lowest BCUT2D eigenvalue weighted by atomic mass is 9.75. The minimum atomic E-state index is 0.475. The summed E-state index contributed by atoms with van der Waals surface area (Å²) in [7, 11) is 2.10. The fourth-order valence-electron chi connectivity index (χ4n) is 2.85. The number of rotatable bonds is 3. The molecular weight excluding hydrogens is 258 g/mol. The van der Waals surface area contributed by atoms with Crippen molar-refractivity contribution in [1.82, 2.24) is 0 Å². The first kappa shape index (κ1) is 14.4. The van der Waals surface area contributed by atoms with Crippen molar-refractivity contribution in [3.05, 3.63) is 28.8 Å². The van der Waals surface area contributed by atoms with Crippen LogP contribution in [0.15, 0.2) is 18.2 Å². The molecule has 0 spiro atoms. The van der Waals surface area contributed by atoms with E-state index in [2.05, 4.69) is 25.8 Å². The van der Waals surface area contributed by atoms with E-state index in [9.17, 15) is 4.79 Å². The summed E-state index contributed by atoms with van der Waals surface area (Å²) in [5.74, 6) is 0. The average molecular weight is 280 g/mol. The molecule has 0 heterocycles. The molecule has 1 aromatic carbocycles. The SMILES string of the molecule is CN(c1ccc(C=O)cc1Cl)C1CCC(C)(C)CC1. The highest BCUT2D eigenvalue weighted by Gasteiger charge is 2.29. The molecule has 1 aliphatic carbocycles. The van der Waals surface area contributed by atoms with Gasteiger partial charge in [-0.3, -0.25) is 4.79 Å². The first-order valence-electron chi connectivity index (χ1n) is 6.90. The van der Waals surface area contributed by atoms with Crippen LogP contribution in [-0.2, 0) is 0 Å². The van der Waals surface area contributed by atoms with Crippen LogP contribution in [0, 0.1) is 5.41 Å². The summed E-state index contributed by atoms with van der Waals surface area (Å²) in [6.45, 7) is 4.68. The van der Waals surface area contributed by atoms with Crippen molar-refractivity contribution in [2.45, 2.75) is 45.6 Å². The lowest BCUT2D eigenvalue weighted by molar-refractivity contribution is 0.112. The monoisotopic (exact) mass is 279 g/mol. The van der Waals surface area contributed by atoms with E-state index in [0.717, 1.165) is 12.0 Å². The number of aldehydes is 1. The number of benzene rings is 1. The number of halogens is 1. The standard InChI is InChI=1S/C16H22ClNO/c1-16(2)8-6-13(7-9-16)18(3)15-5-4-12(11-19)10-14(15)17/h4-5,10-11,13H,6-9H2,1-3H3. The largest absolute Gasteiger partial charge is 0.370 e. The van der Waals surface area contributed by atoms with Gasteiger partial charge in [0.15, 0.2) is 0 Å². The third-order valence-electron chi connectivity index (χ3n) is 4.34. The summed E-state index contributed by atoms with van der Waals surface area (Å²) in [4.78, 5) is 13.0. The molecule has 0 radical (unpaired) electrons. The van der Waals surface area contributed by atoms with Crippen LogP contribution < -0.4 is 4.90 Å². The van der Waals surface area contributed by atoms with Gasteiger partial charge in [0.2, 0.25) is 0 Å². The molecule has 1 fully saturated rings. The fraction of sp³-hybridized carbons (Fsp3) is 0.562. The van der Waals surface area contributed by atoms with Gasteiger partial charge in [-0.2, -0.15) is 0 Å². The zero-order valence-electron chi connectivity index (χ0n) is 11.9. The van der Waals surface area contributed by atoms with Crippen LogP contribution in [0.3, 0.4) is 0 Å². The quantitative estimate of drug-likeness (QED) is 0.756. The normalized spacial score (nSPS) is 19.2. The van der Waals surface area contributed by atoms with Crippen molar-refractivity contribution < 1.29 is 4.79 Å². The predicted octanol–water partition coefficient (Wildman–Crippen LogP) is 4.56. The maximum absolute atomic E-state index is 10.7. The molecule has 0 aromatic heterocycles. The number of hydrogen-bond donors (Lipinski definition) is 0. The topological polar surface area (TPSA) is 20.3 Å². The Morgan fingerprint density at radius 3 is 2.47 bits per heavy atom. The molecule has 0 saturated heterocycles. The maximum atomic E-state index is 10.7. The molecule has 0 unspecified atom stereocenters. The lowest BCUT2D eigenvalue weighted by Crippen LogP contribution is -2.37. The molecular formula is C16H22ClNO. The molecule has 1 saturated carbocycles. The van der Waals surface area contributed by atoms with Crippen molar-refractivity contribution in [3.63, 3.8) is 0 Å². The molecule has 0 N–H and O–H groups in total. The number of anilines is 1. The molecule has 19 heavy (non-hydrogen) atoms. The number of carbonyl (C=O) groups is 1. The summed E-state index contributed by atoms with van der Waals surface area (Å²) in [5, 5.41) is 0.664. The third kappa shape index (κ3) is 3.30. The summed E-state index contributed by atoms with van der Waals surface area (Å²) >= 11 is 6.28. The van der Waals surface area contributed by atoms with Crippen molar-refractivity contribution >= 4 is 23.6 Å². The Morgan fingerprint density at radius 2 is 1.95 bits per heavy atom. The molecule has 0 atom stereocenters. The molecule has 0 aliphatic heterocycles. The van der Waals surface area contributed by atoms with Crippen LogP contribution in [0.2, 0.25) is 5.02 Å². The van der Waals surface area contributed by atoms with Crippen molar-refractivity contribution in [1.29, 1.82) is 0 Å². The molecule has 3 heteroatoms. The average Bonchev–Trinajstić information content (AvgIpc) is 2.37. The van der Waals surface area contributed by atoms with E-state index in [-0.39, 0.29) is 0 Å². The summed E-state index contributed by atoms with van der Waals surface area (Å²) in [6.07, 6.45) is 5.75. The van der Waals surface area contributed by atoms with E-state index >= 15 is 0 Å². The van der Waals surface area contributed by atoms with Crippen molar-refractivity contribution in [2.75, 3.05) is 11.9 Å². The Hall–Kier alpha value is -1.02. The second-order valence-electron chi connectivity index (χ2n) is 6.33. The highest BCUT2D eigenvalue weighted by Crippen LogP contribution is 2.38. The summed E-state index contributed by atoms with van der Waals surface area (Å²) in [5.41, 5.74) is 2.13. The molecule has 104 valence electrons.